The highest BCUT2D eigenvalue weighted by atomic mass is 19.1. The molecular formula is C22H28FN3O4. The number of carbonyl (C=O) groups is 1. The first kappa shape index (κ1) is 22.0. The van der Waals surface area contributed by atoms with Gasteiger partial charge in [-0.1, -0.05) is 13.0 Å². The van der Waals surface area contributed by atoms with Crippen molar-refractivity contribution in [1.29, 1.82) is 0 Å². The third-order valence-electron chi connectivity index (χ3n) is 5.28. The molecule has 162 valence electrons. The van der Waals surface area contributed by atoms with Crippen LogP contribution in [-0.4, -0.2) is 55.6 Å². The number of aliphatic carboxylic acids is 1. The van der Waals surface area contributed by atoms with Gasteiger partial charge in [0.25, 0.3) is 0 Å². The van der Waals surface area contributed by atoms with E-state index in [1.165, 1.54) is 6.07 Å². The van der Waals surface area contributed by atoms with E-state index in [1.54, 1.807) is 13.2 Å². The Morgan fingerprint density at radius 2 is 2.27 bits per heavy atom. The molecule has 0 bridgehead atoms. The lowest BCUT2D eigenvalue weighted by atomic mass is 9.95. The molecule has 1 aliphatic heterocycles. The minimum absolute atomic E-state index is 0.0312. The molecule has 30 heavy (non-hydrogen) atoms. The van der Waals surface area contributed by atoms with Crippen molar-refractivity contribution < 1.29 is 23.8 Å². The van der Waals surface area contributed by atoms with Crippen molar-refractivity contribution in [3.8, 4) is 0 Å². The van der Waals surface area contributed by atoms with Crippen LogP contribution in [0.25, 0.3) is 0 Å². The number of hydrogen-bond donors (Lipinski definition) is 2. The van der Waals surface area contributed by atoms with Crippen LogP contribution in [0.3, 0.4) is 0 Å². The number of rotatable bonds is 9. The van der Waals surface area contributed by atoms with Gasteiger partial charge in [0, 0.05) is 19.6 Å². The quantitative estimate of drug-likeness (QED) is 0.642. The van der Waals surface area contributed by atoms with E-state index in [9.17, 15) is 14.3 Å². The summed E-state index contributed by atoms with van der Waals surface area (Å²) in [6.07, 6.45) is 2.06. The van der Waals surface area contributed by atoms with E-state index in [-0.39, 0.29) is 18.4 Å². The van der Waals surface area contributed by atoms with Gasteiger partial charge in [-0.25, -0.2) is 9.37 Å². The fraction of sp³-hybridized carbons (Fsp3) is 0.455. The Morgan fingerprint density at radius 1 is 1.43 bits per heavy atom. The first-order valence-electron chi connectivity index (χ1n) is 10.1. The first-order valence-corrected chi connectivity index (χ1v) is 10.1. The maximum absolute atomic E-state index is 13.3. The first-order chi connectivity index (χ1) is 14.5. The summed E-state index contributed by atoms with van der Waals surface area (Å²) in [5.74, 6) is -1.06. The summed E-state index contributed by atoms with van der Waals surface area (Å²) in [4.78, 5) is 17.7. The van der Waals surface area contributed by atoms with Crippen LogP contribution in [-0.2, 0) is 14.3 Å². The number of benzene rings is 1. The number of methoxy groups -OCH3 is 1. The monoisotopic (exact) mass is 417 g/mol. The number of morpholine rings is 1. The van der Waals surface area contributed by atoms with Crippen molar-refractivity contribution in [2.75, 3.05) is 43.7 Å². The average Bonchev–Trinajstić information content (AvgIpc) is 2.75. The number of nitrogens with one attached hydrogen (secondary N) is 1. The molecule has 1 saturated heterocycles. The number of halogens is 1. The van der Waals surface area contributed by atoms with Crippen LogP contribution in [0.15, 0.2) is 36.5 Å². The fourth-order valence-electron chi connectivity index (χ4n) is 3.74. The van der Waals surface area contributed by atoms with Gasteiger partial charge in [0.2, 0.25) is 0 Å². The lowest BCUT2D eigenvalue weighted by Gasteiger charge is -2.38. The summed E-state index contributed by atoms with van der Waals surface area (Å²) < 4.78 is 24.2. The smallest absolute Gasteiger partial charge is 0.304 e. The second kappa shape index (κ2) is 10.4. The summed E-state index contributed by atoms with van der Waals surface area (Å²) >= 11 is 0. The van der Waals surface area contributed by atoms with Crippen LogP contribution in [0, 0.1) is 5.82 Å². The predicted octanol–water partition coefficient (Wildman–Crippen LogP) is 3.78. The van der Waals surface area contributed by atoms with E-state index in [1.807, 2.05) is 18.2 Å². The Labute approximate surface area is 175 Å². The van der Waals surface area contributed by atoms with Gasteiger partial charge in [0.1, 0.15) is 11.6 Å². The van der Waals surface area contributed by atoms with Crippen LogP contribution in [0.1, 0.15) is 31.2 Å². The molecule has 1 unspecified atom stereocenters. The van der Waals surface area contributed by atoms with Gasteiger partial charge in [-0.15, -0.1) is 0 Å². The maximum Gasteiger partial charge on any atom is 0.304 e. The zero-order valence-electron chi connectivity index (χ0n) is 17.3. The second-order valence-corrected chi connectivity index (χ2v) is 7.34. The normalized spacial score (nSPS) is 17.6. The SMILES string of the molecule is CCC1COCCN1c1ccc([C@H](COC)CC(=O)O)cc1Nc1ccc(F)cn1. The highest BCUT2D eigenvalue weighted by Crippen LogP contribution is 2.35. The molecule has 2 aromatic rings. The summed E-state index contributed by atoms with van der Waals surface area (Å²) in [6.45, 7) is 4.46. The number of carboxylic acids is 1. The van der Waals surface area contributed by atoms with Gasteiger partial charge < -0.3 is 24.8 Å². The minimum atomic E-state index is -0.880. The van der Waals surface area contributed by atoms with Crippen molar-refractivity contribution in [3.63, 3.8) is 0 Å². The van der Waals surface area contributed by atoms with Crippen LogP contribution in [0.4, 0.5) is 21.6 Å². The molecule has 1 aliphatic rings. The molecular weight excluding hydrogens is 389 g/mol. The molecule has 7 nitrogen and oxygen atoms in total. The number of hydrogen-bond acceptors (Lipinski definition) is 6. The number of ether oxygens (including phenoxy) is 2. The van der Waals surface area contributed by atoms with Gasteiger partial charge in [0.05, 0.1) is 49.9 Å². The van der Waals surface area contributed by atoms with Gasteiger partial charge in [-0.2, -0.15) is 0 Å². The summed E-state index contributed by atoms with van der Waals surface area (Å²) in [5, 5.41) is 12.6. The number of carboxylic acid groups (broad SMARTS) is 1. The van der Waals surface area contributed by atoms with Gasteiger partial charge in [0.15, 0.2) is 0 Å². The molecule has 8 heteroatoms. The molecule has 0 radical (unpaired) electrons. The maximum atomic E-state index is 13.3. The molecule has 0 amide bonds. The molecule has 3 rings (SSSR count). The van der Waals surface area contributed by atoms with Crippen molar-refractivity contribution in [2.24, 2.45) is 0 Å². The molecule has 0 spiro atoms. The fourth-order valence-corrected chi connectivity index (χ4v) is 3.74. The molecule has 1 aromatic carbocycles. The summed E-state index contributed by atoms with van der Waals surface area (Å²) in [5.41, 5.74) is 2.62. The zero-order valence-corrected chi connectivity index (χ0v) is 17.3. The molecule has 2 N–H and O–H groups in total. The topological polar surface area (TPSA) is 83.9 Å². The Bertz CT molecular complexity index is 847. The largest absolute Gasteiger partial charge is 0.481 e. The van der Waals surface area contributed by atoms with Crippen molar-refractivity contribution in [1.82, 2.24) is 4.98 Å². The highest BCUT2D eigenvalue weighted by Gasteiger charge is 2.25. The van der Waals surface area contributed by atoms with Gasteiger partial charge >= 0.3 is 5.97 Å². The van der Waals surface area contributed by atoms with Crippen molar-refractivity contribution >= 4 is 23.2 Å². The Morgan fingerprint density at radius 3 is 2.93 bits per heavy atom. The highest BCUT2D eigenvalue weighted by molar-refractivity contribution is 5.76. The van der Waals surface area contributed by atoms with Crippen molar-refractivity contribution in [2.45, 2.75) is 31.7 Å². The van der Waals surface area contributed by atoms with Crippen LogP contribution in [0.5, 0.6) is 0 Å². The minimum Gasteiger partial charge on any atom is -0.481 e. The van der Waals surface area contributed by atoms with E-state index in [4.69, 9.17) is 9.47 Å². The predicted molar refractivity (Wildman–Crippen MR) is 113 cm³/mol. The van der Waals surface area contributed by atoms with E-state index >= 15 is 0 Å². The average molecular weight is 417 g/mol. The van der Waals surface area contributed by atoms with E-state index < -0.39 is 11.8 Å². The van der Waals surface area contributed by atoms with Gasteiger partial charge in [-0.05, 0) is 36.2 Å². The van der Waals surface area contributed by atoms with E-state index in [0.717, 1.165) is 36.1 Å². The number of aromatic nitrogens is 1. The Hall–Kier alpha value is -2.71. The molecule has 0 saturated carbocycles. The third kappa shape index (κ3) is 5.46. The van der Waals surface area contributed by atoms with Crippen molar-refractivity contribution in [3.05, 3.63) is 47.9 Å². The van der Waals surface area contributed by atoms with Gasteiger partial charge in [-0.3, -0.25) is 4.79 Å². The Balaban J connectivity index is 1.99. The second-order valence-electron chi connectivity index (χ2n) is 7.34. The third-order valence-corrected chi connectivity index (χ3v) is 5.28. The zero-order chi connectivity index (χ0) is 21.5. The van der Waals surface area contributed by atoms with Crippen LogP contribution < -0.4 is 10.2 Å². The molecule has 2 heterocycles. The standard InChI is InChI=1S/C22H28FN3O4/c1-3-18-14-30-9-8-26(18)20-6-4-15(16(13-29-2)11-22(27)28)10-19(20)25-21-7-5-17(23)12-24-21/h4-7,10,12,16,18H,3,8-9,11,13-14H2,1-2H3,(H,24,25)(H,27,28)/t16-,18?/m0/s1. The number of nitrogens with zero attached hydrogens (tertiary/aromatic N) is 2. The van der Waals surface area contributed by atoms with E-state index in [2.05, 4.69) is 22.1 Å². The number of anilines is 3. The lowest BCUT2D eigenvalue weighted by Crippen LogP contribution is -2.45. The van der Waals surface area contributed by atoms with E-state index in [0.29, 0.717) is 25.6 Å². The summed E-state index contributed by atoms with van der Waals surface area (Å²) in [6, 6.07) is 9.05. The molecule has 1 fully saturated rings. The van der Waals surface area contributed by atoms with Crippen LogP contribution in [0.2, 0.25) is 0 Å². The molecule has 2 atom stereocenters. The van der Waals surface area contributed by atoms with Crippen LogP contribution >= 0.6 is 0 Å². The molecule has 0 aliphatic carbocycles. The summed E-state index contributed by atoms with van der Waals surface area (Å²) in [7, 11) is 1.56. The molecule has 1 aromatic heterocycles. The Kier molecular flexibility index (Phi) is 7.59. The number of pyridine rings is 1. The lowest BCUT2D eigenvalue weighted by molar-refractivity contribution is -0.137.